The number of allylic oxidation sites excluding steroid dienone is 1. The normalized spacial score (nSPS) is 18.6. The molecule has 28 heavy (non-hydrogen) atoms. The first-order valence-corrected chi connectivity index (χ1v) is 9.32. The van der Waals surface area contributed by atoms with Crippen LogP contribution in [0, 0.1) is 12.8 Å². The van der Waals surface area contributed by atoms with Crippen molar-refractivity contribution in [3.8, 4) is 22.8 Å². The summed E-state index contributed by atoms with van der Waals surface area (Å²) in [7, 11) is 0. The summed E-state index contributed by atoms with van der Waals surface area (Å²) >= 11 is 6.18. The van der Waals surface area contributed by atoms with Gasteiger partial charge in [0.1, 0.15) is 28.7 Å². The van der Waals surface area contributed by atoms with E-state index in [0.29, 0.717) is 29.9 Å². The molecule has 2 aromatic carbocycles. The van der Waals surface area contributed by atoms with Crippen molar-refractivity contribution >= 4 is 22.6 Å². The number of phenols is 1. The highest BCUT2D eigenvalue weighted by Gasteiger charge is 2.33. The van der Waals surface area contributed by atoms with Gasteiger partial charge in [-0.25, -0.2) is 0 Å². The van der Waals surface area contributed by atoms with Crippen molar-refractivity contribution in [2.24, 2.45) is 5.92 Å². The van der Waals surface area contributed by atoms with Crippen molar-refractivity contribution in [1.29, 1.82) is 0 Å². The van der Waals surface area contributed by atoms with E-state index in [0.717, 1.165) is 5.56 Å². The van der Waals surface area contributed by atoms with Crippen LogP contribution in [0.3, 0.4) is 0 Å². The van der Waals surface area contributed by atoms with Gasteiger partial charge in [0, 0.05) is 12.0 Å². The Bertz CT molecular complexity index is 1140. The first-order valence-electron chi connectivity index (χ1n) is 8.94. The van der Waals surface area contributed by atoms with Gasteiger partial charge in [0.25, 0.3) is 0 Å². The van der Waals surface area contributed by atoms with E-state index in [1.165, 1.54) is 18.2 Å². The molecule has 1 aliphatic carbocycles. The van der Waals surface area contributed by atoms with Gasteiger partial charge in [-0.2, -0.15) is 0 Å². The average Bonchev–Trinajstić information content (AvgIpc) is 2.60. The van der Waals surface area contributed by atoms with Crippen LogP contribution >= 0.6 is 11.6 Å². The number of ether oxygens (including phenoxy) is 1. The van der Waals surface area contributed by atoms with Crippen molar-refractivity contribution in [1.82, 2.24) is 0 Å². The predicted octanol–water partition coefficient (Wildman–Crippen LogP) is 5.36. The fourth-order valence-corrected chi connectivity index (χ4v) is 3.59. The lowest BCUT2D eigenvalue weighted by atomic mass is 9.81. The highest BCUT2D eigenvalue weighted by molar-refractivity contribution is 6.35. The van der Waals surface area contributed by atoms with E-state index >= 15 is 0 Å². The zero-order chi connectivity index (χ0) is 20.0. The molecule has 1 saturated carbocycles. The number of phenolic OH excluding ortho intramolecular Hbond substituents is 1. The number of rotatable bonds is 4. The van der Waals surface area contributed by atoms with Crippen LogP contribution in [0.1, 0.15) is 18.4 Å². The average molecular weight is 399 g/mol. The van der Waals surface area contributed by atoms with E-state index in [9.17, 15) is 15.0 Å². The molecule has 1 aliphatic rings. The van der Waals surface area contributed by atoms with E-state index < -0.39 is 0 Å². The van der Waals surface area contributed by atoms with Gasteiger partial charge in [-0.05, 0) is 49.6 Å². The third-order valence-electron chi connectivity index (χ3n) is 5.07. The number of aliphatic hydroxyl groups is 1. The Morgan fingerprint density at radius 1 is 1.25 bits per heavy atom. The minimum Gasteiger partial charge on any atom is -0.513 e. The van der Waals surface area contributed by atoms with E-state index in [1.807, 2.05) is 25.1 Å². The fraction of sp³-hybridized carbons (Fsp3) is 0.227. The molecular weight excluding hydrogens is 380 g/mol. The Balaban J connectivity index is 1.77. The molecular formula is C22H19ClO5. The zero-order valence-corrected chi connectivity index (χ0v) is 16.0. The number of aryl methyl sites for hydroxylation is 1. The molecule has 1 aromatic heterocycles. The second-order valence-corrected chi connectivity index (χ2v) is 7.55. The summed E-state index contributed by atoms with van der Waals surface area (Å²) in [6.45, 7) is 5.51. The third-order valence-corrected chi connectivity index (χ3v) is 5.37. The lowest BCUT2D eigenvalue weighted by Crippen LogP contribution is -2.34. The molecule has 0 saturated heterocycles. The number of hydrogen-bond acceptors (Lipinski definition) is 5. The summed E-state index contributed by atoms with van der Waals surface area (Å²) < 4.78 is 12.0. The quantitative estimate of drug-likeness (QED) is 0.578. The minimum absolute atomic E-state index is 0.0470. The molecule has 0 aliphatic heterocycles. The summed E-state index contributed by atoms with van der Waals surface area (Å²) in [6.07, 6.45) is 1.32. The van der Waals surface area contributed by atoms with Crippen molar-refractivity contribution < 1.29 is 19.4 Å². The van der Waals surface area contributed by atoms with Gasteiger partial charge in [-0.1, -0.05) is 24.2 Å². The maximum atomic E-state index is 12.6. The molecule has 0 radical (unpaired) electrons. The van der Waals surface area contributed by atoms with Crippen LogP contribution in [0.4, 0.5) is 0 Å². The van der Waals surface area contributed by atoms with Gasteiger partial charge in [0.05, 0.1) is 16.3 Å². The van der Waals surface area contributed by atoms with Gasteiger partial charge < -0.3 is 19.4 Å². The van der Waals surface area contributed by atoms with Crippen molar-refractivity contribution in [2.75, 3.05) is 0 Å². The fourth-order valence-electron chi connectivity index (χ4n) is 3.39. The lowest BCUT2D eigenvalue weighted by molar-refractivity contribution is 0.0621. The number of hydrogen-bond donors (Lipinski definition) is 2. The molecule has 0 unspecified atom stereocenters. The van der Waals surface area contributed by atoms with Crippen LogP contribution in [0.15, 0.2) is 57.9 Å². The van der Waals surface area contributed by atoms with Crippen LogP contribution in [-0.2, 0) is 0 Å². The number of fused-ring (bicyclic) bond motifs is 1. The highest BCUT2D eigenvalue weighted by Crippen LogP contribution is 2.39. The van der Waals surface area contributed by atoms with Crippen LogP contribution in [0.25, 0.3) is 22.3 Å². The van der Waals surface area contributed by atoms with Gasteiger partial charge in [-0.3, -0.25) is 4.79 Å². The molecule has 4 rings (SSSR count). The number of benzene rings is 2. The summed E-state index contributed by atoms with van der Waals surface area (Å²) in [5, 5.41) is 19.8. The maximum Gasteiger partial charge on any atom is 0.197 e. The molecule has 5 nitrogen and oxygen atoms in total. The Morgan fingerprint density at radius 2 is 2.00 bits per heavy atom. The topological polar surface area (TPSA) is 79.9 Å². The first kappa shape index (κ1) is 18.4. The Kier molecular flexibility index (Phi) is 4.55. The molecule has 0 bridgehead atoms. The van der Waals surface area contributed by atoms with E-state index in [1.54, 1.807) is 0 Å². The molecule has 3 aromatic rings. The summed E-state index contributed by atoms with van der Waals surface area (Å²) in [5.74, 6) is 0.955. The summed E-state index contributed by atoms with van der Waals surface area (Å²) in [4.78, 5) is 12.6. The van der Waals surface area contributed by atoms with Gasteiger partial charge >= 0.3 is 0 Å². The van der Waals surface area contributed by atoms with Crippen molar-refractivity contribution in [3.05, 3.63) is 69.5 Å². The minimum atomic E-state index is -0.386. The number of aliphatic hydroxyl groups excluding tert-OH is 1. The maximum absolute atomic E-state index is 12.6. The molecule has 0 atom stereocenters. The van der Waals surface area contributed by atoms with Crippen molar-refractivity contribution in [3.63, 3.8) is 0 Å². The molecule has 1 heterocycles. The highest BCUT2D eigenvalue weighted by atomic mass is 35.5. The molecule has 0 spiro atoms. The predicted molar refractivity (Wildman–Crippen MR) is 108 cm³/mol. The Hall–Kier alpha value is -2.92. The molecule has 144 valence electrons. The summed E-state index contributed by atoms with van der Waals surface area (Å²) in [6, 6.07) is 9.78. The van der Waals surface area contributed by atoms with Crippen LogP contribution < -0.4 is 10.2 Å². The van der Waals surface area contributed by atoms with Gasteiger partial charge in [0.2, 0.25) is 0 Å². The lowest BCUT2D eigenvalue weighted by Gasteiger charge is -2.35. The van der Waals surface area contributed by atoms with E-state index in [-0.39, 0.29) is 45.0 Å². The molecule has 0 amide bonds. The van der Waals surface area contributed by atoms with Gasteiger partial charge in [0.15, 0.2) is 11.0 Å². The molecule has 6 heteroatoms. The van der Waals surface area contributed by atoms with E-state index in [2.05, 4.69) is 6.58 Å². The van der Waals surface area contributed by atoms with Crippen LogP contribution in [0.5, 0.6) is 11.5 Å². The Morgan fingerprint density at radius 3 is 2.71 bits per heavy atom. The smallest absolute Gasteiger partial charge is 0.197 e. The Labute approximate surface area is 166 Å². The van der Waals surface area contributed by atoms with Crippen LogP contribution in [0.2, 0.25) is 5.02 Å². The second-order valence-electron chi connectivity index (χ2n) is 7.14. The van der Waals surface area contributed by atoms with E-state index in [4.69, 9.17) is 20.8 Å². The standard InChI is InChI=1S/C22H19ClO5/c1-11-3-4-15(19(7-11)27-14-8-13(9-14)12(2)24)20-10-18(26)21-17(25)6-5-16(23)22(21)28-20/h3-7,10,13-14,24-25H,2,8-9H2,1H3. The van der Waals surface area contributed by atoms with Crippen LogP contribution in [-0.4, -0.2) is 16.3 Å². The zero-order valence-electron chi connectivity index (χ0n) is 15.2. The van der Waals surface area contributed by atoms with Gasteiger partial charge in [-0.15, -0.1) is 0 Å². The SMILES string of the molecule is C=C(O)C1CC(Oc2cc(C)ccc2-c2cc(=O)c3c(O)ccc(Cl)c3o2)C1. The molecule has 2 N–H and O–H groups in total. The second kappa shape index (κ2) is 6.91. The number of halogens is 1. The van der Waals surface area contributed by atoms with Crippen molar-refractivity contribution in [2.45, 2.75) is 25.9 Å². The third kappa shape index (κ3) is 3.22. The number of aromatic hydroxyl groups is 1. The largest absolute Gasteiger partial charge is 0.513 e. The summed E-state index contributed by atoms with van der Waals surface area (Å²) in [5.41, 5.74) is 1.37. The molecule has 1 fully saturated rings. The monoisotopic (exact) mass is 398 g/mol. The first-order chi connectivity index (χ1) is 13.3.